The second-order valence-electron chi connectivity index (χ2n) is 4.71. The predicted octanol–water partition coefficient (Wildman–Crippen LogP) is 1.94. The summed E-state index contributed by atoms with van der Waals surface area (Å²) in [6.07, 6.45) is 6.17. The average molecular weight is 210 g/mol. The van der Waals surface area contributed by atoms with E-state index in [1.54, 1.807) is 0 Å². The molecule has 0 amide bonds. The van der Waals surface area contributed by atoms with Crippen LogP contribution in [0.2, 0.25) is 0 Å². The number of ketones is 1. The number of Topliss-reactive ketones (excluding diaryl/α,β-unsaturated/α-hetero) is 1. The topological polar surface area (TPSA) is 43.4 Å². The van der Waals surface area contributed by atoms with Crippen LogP contribution >= 0.6 is 0 Å². The molecule has 0 spiro atoms. The largest absolute Gasteiger partial charge is 0.468 e. The molecule has 0 heterocycles. The highest BCUT2D eigenvalue weighted by Crippen LogP contribution is 2.42. The van der Waals surface area contributed by atoms with Crippen molar-refractivity contribution in [3.8, 4) is 0 Å². The Morgan fingerprint density at radius 1 is 1.27 bits per heavy atom. The van der Waals surface area contributed by atoms with E-state index in [1.807, 2.05) is 0 Å². The van der Waals surface area contributed by atoms with Gasteiger partial charge in [0.2, 0.25) is 0 Å². The molecule has 0 bridgehead atoms. The van der Waals surface area contributed by atoms with Gasteiger partial charge in [-0.15, -0.1) is 0 Å². The quantitative estimate of drug-likeness (QED) is 0.490. The minimum absolute atomic E-state index is 0.102. The smallest absolute Gasteiger partial charge is 0.316 e. The first kappa shape index (κ1) is 10.7. The van der Waals surface area contributed by atoms with Crippen LogP contribution in [0.4, 0.5) is 0 Å². The van der Waals surface area contributed by atoms with E-state index in [0.29, 0.717) is 12.3 Å². The zero-order chi connectivity index (χ0) is 10.8. The van der Waals surface area contributed by atoms with Crippen LogP contribution < -0.4 is 0 Å². The van der Waals surface area contributed by atoms with Gasteiger partial charge < -0.3 is 4.74 Å². The molecule has 3 nitrogen and oxygen atoms in total. The van der Waals surface area contributed by atoms with Crippen molar-refractivity contribution in [1.29, 1.82) is 0 Å². The van der Waals surface area contributed by atoms with Gasteiger partial charge in [-0.3, -0.25) is 9.59 Å². The fraction of sp³-hybridized carbons (Fsp3) is 0.833. The van der Waals surface area contributed by atoms with Crippen LogP contribution in [0.25, 0.3) is 0 Å². The Hall–Kier alpha value is -0.860. The lowest BCUT2D eigenvalue weighted by molar-refractivity contribution is -0.155. The molecule has 0 aromatic carbocycles. The summed E-state index contributed by atoms with van der Waals surface area (Å²) in [6, 6.07) is 0. The fourth-order valence-corrected chi connectivity index (χ4v) is 3.19. The Kier molecular flexibility index (Phi) is 3.08. The number of methoxy groups -OCH3 is 1. The van der Waals surface area contributed by atoms with E-state index in [9.17, 15) is 9.59 Å². The molecule has 15 heavy (non-hydrogen) atoms. The number of fused-ring (bicyclic) bond motifs is 1. The molecule has 0 saturated heterocycles. The summed E-state index contributed by atoms with van der Waals surface area (Å²) in [6.45, 7) is 0. The van der Waals surface area contributed by atoms with E-state index < -0.39 is 5.92 Å². The zero-order valence-electron chi connectivity index (χ0n) is 9.20. The number of hydrogen-bond donors (Lipinski definition) is 0. The van der Waals surface area contributed by atoms with Crippen LogP contribution in [0.5, 0.6) is 0 Å². The Morgan fingerprint density at radius 2 is 2.00 bits per heavy atom. The molecule has 0 aliphatic heterocycles. The standard InChI is InChI=1S/C12H18O3/c1-15-12(14)11-9-5-3-2-4-8(9)6-7-10(11)13/h8-9,11H,2-7H2,1H3/t8-,9+,11-/m0/s1. The summed E-state index contributed by atoms with van der Waals surface area (Å²) in [5.41, 5.74) is 0. The van der Waals surface area contributed by atoms with E-state index in [0.717, 1.165) is 19.3 Å². The lowest BCUT2D eigenvalue weighted by Crippen LogP contribution is -2.41. The third-order valence-electron chi connectivity index (χ3n) is 3.96. The van der Waals surface area contributed by atoms with Gasteiger partial charge in [0.1, 0.15) is 11.7 Å². The van der Waals surface area contributed by atoms with Crippen LogP contribution in [0.15, 0.2) is 0 Å². The van der Waals surface area contributed by atoms with Gasteiger partial charge in [-0.05, 0) is 24.7 Å². The second kappa shape index (κ2) is 4.33. The van der Waals surface area contributed by atoms with Crippen LogP contribution in [0.1, 0.15) is 38.5 Å². The van der Waals surface area contributed by atoms with Crippen LogP contribution in [-0.2, 0) is 14.3 Å². The molecule has 0 aromatic heterocycles. The minimum Gasteiger partial charge on any atom is -0.468 e. The average Bonchev–Trinajstić information content (AvgIpc) is 2.28. The van der Waals surface area contributed by atoms with Gasteiger partial charge in [0.25, 0.3) is 0 Å². The highest BCUT2D eigenvalue weighted by molar-refractivity contribution is 5.99. The Morgan fingerprint density at radius 3 is 2.73 bits per heavy atom. The maximum absolute atomic E-state index is 11.7. The molecule has 2 aliphatic carbocycles. The summed E-state index contributed by atoms with van der Waals surface area (Å²) in [5.74, 6) is 0.198. The molecule has 2 rings (SSSR count). The Labute approximate surface area is 90.2 Å². The van der Waals surface area contributed by atoms with Gasteiger partial charge in [0.05, 0.1) is 7.11 Å². The number of rotatable bonds is 1. The van der Waals surface area contributed by atoms with Crippen molar-refractivity contribution in [3.05, 3.63) is 0 Å². The molecule has 84 valence electrons. The zero-order valence-corrected chi connectivity index (χ0v) is 9.20. The molecule has 0 unspecified atom stereocenters. The van der Waals surface area contributed by atoms with Crippen molar-refractivity contribution < 1.29 is 14.3 Å². The molecule has 3 atom stereocenters. The van der Waals surface area contributed by atoms with Gasteiger partial charge in [-0.25, -0.2) is 0 Å². The Bertz CT molecular complexity index is 264. The lowest BCUT2D eigenvalue weighted by atomic mass is 9.65. The van der Waals surface area contributed by atoms with Crippen LogP contribution in [-0.4, -0.2) is 18.9 Å². The number of esters is 1. The summed E-state index contributed by atoms with van der Waals surface area (Å²) in [7, 11) is 1.38. The summed E-state index contributed by atoms with van der Waals surface area (Å²) >= 11 is 0. The second-order valence-corrected chi connectivity index (χ2v) is 4.71. The molecular weight excluding hydrogens is 192 g/mol. The first-order valence-electron chi connectivity index (χ1n) is 5.84. The van der Waals surface area contributed by atoms with Crippen molar-refractivity contribution in [2.75, 3.05) is 7.11 Å². The normalized spacial score (nSPS) is 35.8. The number of carbonyl (C=O) groups excluding carboxylic acids is 2. The van der Waals surface area contributed by atoms with Crippen molar-refractivity contribution in [2.45, 2.75) is 38.5 Å². The maximum atomic E-state index is 11.7. The first-order chi connectivity index (χ1) is 7.24. The molecule has 3 heteroatoms. The molecule has 2 aliphatic rings. The summed E-state index contributed by atoms with van der Waals surface area (Å²) in [4.78, 5) is 23.3. The number of ether oxygens (including phenoxy) is 1. The molecule has 0 radical (unpaired) electrons. The third kappa shape index (κ3) is 1.92. The third-order valence-corrected chi connectivity index (χ3v) is 3.96. The SMILES string of the molecule is COC(=O)[C@@H]1C(=O)CC[C@@H]2CCCC[C@H]21. The predicted molar refractivity (Wildman–Crippen MR) is 55.2 cm³/mol. The molecular formula is C12H18O3. The highest BCUT2D eigenvalue weighted by atomic mass is 16.5. The van der Waals surface area contributed by atoms with Crippen LogP contribution in [0.3, 0.4) is 0 Å². The van der Waals surface area contributed by atoms with Gasteiger partial charge in [-0.1, -0.05) is 19.3 Å². The molecule has 0 N–H and O–H groups in total. The first-order valence-corrected chi connectivity index (χ1v) is 5.84. The van der Waals surface area contributed by atoms with Gasteiger partial charge in [0.15, 0.2) is 0 Å². The van der Waals surface area contributed by atoms with Crippen molar-refractivity contribution >= 4 is 11.8 Å². The van der Waals surface area contributed by atoms with E-state index in [2.05, 4.69) is 0 Å². The van der Waals surface area contributed by atoms with E-state index in [-0.39, 0.29) is 17.7 Å². The number of carbonyl (C=O) groups is 2. The molecule has 2 fully saturated rings. The van der Waals surface area contributed by atoms with E-state index in [4.69, 9.17) is 4.74 Å². The highest BCUT2D eigenvalue weighted by Gasteiger charge is 2.43. The van der Waals surface area contributed by atoms with E-state index >= 15 is 0 Å². The van der Waals surface area contributed by atoms with E-state index in [1.165, 1.54) is 20.0 Å². The van der Waals surface area contributed by atoms with Crippen molar-refractivity contribution in [3.63, 3.8) is 0 Å². The fourth-order valence-electron chi connectivity index (χ4n) is 3.19. The summed E-state index contributed by atoms with van der Waals surface area (Å²) < 4.78 is 4.75. The maximum Gasteiger partial charge on any atom is 0.316 e. The lowest BCUT2D eigenvalue weighted by Gasteiger charge is -2.38. The molecule has 0 aromatic rings. The summed E-state index contributed by atoms with van der Waals surface area (Å²) in [5, 5.41) is 0. The number of hydrogen-bond acceptors (Lipinski definition) is 3. The van der Waals surface area contributed by atoms with Gasteiger partial charge >= 0.3 is 5.97 Å². The van der Waals surface area contributed by atoms with Crippen molar-refractivity contribution in [1.82, 2.24) is 0 Å². The van der Waals surface area contributed by atoms with Gasteiger partial charge in [0, 0.05) is 6.42 Å². The monoisotopic (exact) mass is 210 g/mol. The van der Waals surface area contributed by atoms with Gasteiger partial charge in [-0.2, -0.15) is 0 Å². The minimum atomic E-state index is -0.450. The van der Waals surface area contributed by atoms with Crippen molar-refractivity contribution in [2.24, 2.45) is 17.8 Å². The van der Waals surface area contributed by atoms with Crippen LogP contribution in [0, 0.1) is 17.8 Å². The Balaban J connectivity index is 2.16. The molecule has 2 saturated carbocycles.